The summed E-state index contributed by atoms with van der Waals surface area (Å²) in [6.07, 6.45) is -0.0738. The van der Waals surface area contributed by atoms with Crippen molar-refractivity contribution in [1.29, 1.82) is 0 Å². The Hall–Kier alpha value is -3.02. The molecule has 0 radical (unpaired) electrons. The number of anilines is 1. The number of hydrogen-bond acceptors (Lipinski definition) is 5. The van der Waals surface area contributed by atoms with Crippen LogP contribution in [0.5, 0.6) is 5.75 Å². The molecule has 0 aliphatic rings. The van der Waals surface area contributed by atoms with Gasteiger partial charge in [0, 0.05) is 22.0 Å². The summed E-state index contributed by atoms with van der Waals surface area (Å²) in [5.41, 5.74) is 7.25. The fourth-order valence-corrected chi connectivity index (χ4v) is 1.81. The normalized spacial score (nSPS) is 10.0. The number of ether oxygens (including phenoxy) is 1. The van der Waals surface area contributed by atoms with Gasteiger partial charge in [-0.25, -0.2) is 0 Å². The standard InChI is InChI=1S/C16H14N2O4/c17-13-5-1-11(2-6-13)16(20)12-3-7-14(8-4-12)22-10-9-15(19)18-21/h1-8H,9-10,17H2. The molecule has 6 nitrogen and oxygen atoms in total. The number of nitrogens with two attached hydrogens (primary N) is 1. The van der Waals surface area contributed by atoms with Gasteiger partial charge in [0.05, 0.1) is 13.0 Å². The first-order valence-electron chi connectivity index (χ1n) is 6.59. The molecule has 6 heteroatoms. The maximum atomic E-state index is 12.2. The number of nitrogen functional groups attached to an aromatic ring is 1. The predicted molar refractivity (Wildman–Crippen MR) is 81.6 cm³/mol. The van der Waals surface area contributed by atoms with Crippen molar-refractivity contribution in [1.82, 2.24) is 0 Å². The van der Waals surface area contributed by atoms with Crippen molar-refractivity contribution >= 4 is 17.4 Å². The average molecular weight is 298 g/mol. The zero-order chi connectivity index (χ0) is 15.9. The van der Waals surface area contributed by atoms with E-state index in [4.69, 9.17) is 10.5 Å². The lowest BCUT2D eigenvalue weighted by Crippen LogP contribution is -2.04. The molecule has 112 valence electrons. The summed E-state index contributed by atoms with van der Waals surface area (Å²) >= 11 is 0. The van der Waals surface area contributed by atoms with Crippen molar-refractivity contribution in [2.45, 2.75) is 6.42 Å². The Morgan fingerprint density at radius 3 is 2.05 bits per heavy atom. The fourth-order valence-electron chi connectivity index (χ4n) is 1.81. The summed E-state index contributed by atoms with van der Waals surface area (Å²) in [5, 5.41) is 2.27. The highest BCUT2D eigenvalue weighted by Crippen LogP contribution is 2.16. The molecule has 0 aliphatic heterocycles. The van der Waals surface area contributed by atoms with E-state index in [2.05, 4.69) is 5.18 Å². The van der Waals surface area contributed by atoms with E-state index in [1.807, 2.05) is 0 Å². The number of hydrogen-bond donors (Lipinski definition) is 1. The van der Waals surface area contributed by atoms with Gasteiger partial charge in [-0.2, -0.15) is 0 Å². The Labute approximate surface area is 126 Å². The second kappa shape index (κ2) is 7.12. The molecular weight excluding hydrogens is 284 g/mol. The topological polar surface area (TPSA) is 98.8 Å². The molecule has 2 aromatic carbocycles. The number of amides is 1. The summed E-state index contributed by atoms with van der Waals surface area (Å²) in [6.45, 7) is 0.0653. The Morgan fingerprint density at radius 2 is 1.50 bits per heavy atom. The lowest BCUT2D eigenvalue weighted by atomic mass is 10.0. The molecule has 0 atom stereocenters. The van der Waals surface area contributed by atoms with Gasteiger partial charge in [0.25, 0.3) is 5.91 Å². The van der Waals surface area contributed by atoms with Crippen LogP contribution >= 0.6 is 0 Å². The quantitative estimate of drug-likeness (QED) is 0.502. The van der Waals surface area contributed by atoms with Gasteiger partial charge < -0.3 is 10.5 Å². The first-order valence-corrected chi connectivity index (χ1v) is 6.59. The minimum atomic E-state index is -0.754. The van der Waals surface area contributed by atoms with Crippen LogP contribution in [0.15, 0.2) is 53.7 Å². The smallest absolute Gasteiger partial charge is 0.289 e. The van der Waals surface area contributed by atoms with Crippen molar-refractivity contribution in [2.24, 2.45) is 5.18 Å². The van der Waals surface area contributed by atoms with Crippen LogP contribution in [0, 0.1) is 4.91 Å². The Bertz CT molecular complexity index is 678. The monoisotopic (exact) mass is 298 g/mol. The average Bonchev–Trinajstić information content (AvgIpc) is 2.55. The van der Waals surface area contributed by atoms with Gasteiger partial charge in [-0.15, -0.1) is 4.91 Å². The Balaban J connectivity index is 1.99. The van der Waals surface area contributed by atoms with Gasteiger partial charge in [-0.3, -0.25) is 9.59 Å². The van der Waals surface area contributed by atoms with E-state index in [1.165, 1.54) is 0 Å². The first-order chi connectivity index (χ1) is 10.6. The predicted octanol–water partition coefficient (Wildman–Crippen LogP) is 2.56. The van der Waals surface area contributed by atoms with Crippen LogP contribution in [-0.2, 0) is 4.79 Å². The number of nitrogens with zero attached hydrogens (tertiary/aromatic N) is 1. The van der Waals surface area contributed by atoms with Crippen molar-refractivity contribution in [3.05, 3.63) is 64.6 Å². The molecule has 0 saturated carbocycles. The van der Waals surface area contributed by atoms with Crippen LogP contribution in [0.1, 0.15) is 22.3 Å². The van der Waals surface area contributed by atoms with Crippen LogP contribution < -0.4 is 10.5 Å². The van der Waals surface area contributed by atoms with E-state index in [1.54, 1.807) is 48.5 Å². The molecule has 1 amide bonds. The van der Waals surface area contributed by atoms with Gasteiger partial charge in [0.2, 0.25) is 0 Å². The van der Waals surface area contributed by atoms with E-state index < -0.39 is 5.91 Å². The summed E-state index contributed by atoms with van der Waals surface area (Å²) in [5.74, 6) is -0.366. The first kappa shape index (κ1) is 15.4. The zero-order valence-electron chi connectivity index (χ0n) is 11.7. The van der Waals surface area contributed by atoms with Crippen LogP contribution in [0.25, 0.3) is 0 Å². The molecule has 0 bridgehead atoms. The van der Waals surface area contributed by atoms with Gasteiger partial charge >= 0.3 is 0 Å². The zero-order valence-corrected chi connectivity index (χ0v) is 11.7. The van der Waals surface area contributed by atoms with Crippen molar-refractivity contribution in [3.8, 4) is 5.75 Å². The highest BCUT2D eigenvalue weighted by molar-refractivity contribution is 6.09. The fraction of sp³-hybridized carbons (Fsp3) is 0.125. The molecule has 0 unspecified atom stereocenters. The molecule has 2 rings (SSSR count). The molecule has 0 aromatic heterocycles. The third-order valence-corrected chi connectivity index (χ3v) is 2.98. The van der Waals surface area contributed by atoms with Gasteiger partial charge in [-0.1, -0.05) is 0 Å². The second-order valence-corrected chi connectivity index (χ2v) is 4.56. The molecule has 2 aromatic rings. The van der Waals surface area contributed by atoms with E-state index >= 15 is 0 Å². The lowest BCUT2D eigenvalue weighted by molar-refractivity contribution is -0.118. The summed E-state index contributed by atoms with van der Waals surface area (Å²) < 4.78 is 5.29. The maximum Gasteiger partial charge on any atom is 0.289 e. The molecule has 2 N–H and O–H groups in total. The number of nitroso groups, excluding NO2 is 1. The van der Waals surface area contributed by atoms with E-state index in [0.29, 0.717) is 22.6 Å². The number of rotatable bonds is 6. The molecule has 0 heterocycles. The minimum absolute atomic E-state index is 0.0653. The highest BCUT2D eigenvalue weighted by atomic mass is 16.5. The van der Waals surface area contributed by atoms with Gasteiger partial charge in [0.1, 0.15) is 5.75 Å². The number of benzene rings is 2. The molecule has 0 saturated heterocycles. The Morgan fingerprint density at radius 1 is 0.955 bits per heavy atom. The van der Waals surface area contributed by atoms with E-state index in [0.717, 1.165) is 0 Å². The van der Waals surface area contributed by atoms with Crippen LogP contribution in [0.4, 0.5) is 5.69 Å². The van der Waals surface area contributed by atoms with Gasteiger partial charge in [0.15, 0.2) is 5.78 Å². The van der Waals surface area contributed by atoms with Crippen LogP contribution in [0.3, 0.4) is 0 Å². The number of carbonyl (C=O) groups excluding carboxylic acids is 2. The van der Waals surface area contributed by atoms with Crippen LogP contribution in [0.2, 0.25) is 0 Å². The van der Waals surface area contributed by atoms with Crippen molar-refractivity contribution in [3.63, 3.8) is 0 Å². The molecule has 22 heavy (non-hydrogen) atoms. The van der Waals surface area contributed by atoms with Crippen molar-refractivity contribution in [2.75, 3.05) is 12.3 Å². The minimum Gasteiger partial charge on any atom is -0.493 e. The Kier molecular flexibility index (Phi) is 4.98. The highest BCUT2D eigenvalue weighted by Gasteiger charge is 2.09. The lowest BCUT2D eigenvalue weighted by Gasteiger charge is -2.06. The number of ketones is 1. The van der Waals surface area contributed by atoms with Gasteiger partial charge in [-0.05, 0) is 48.5 Å². The maximum absolute atomic E-state index is 12.2. The van der Waals surface area contributed by atoms with E-state index in [9.17, 15) is 14.5 Å². The molecular formula is C16H14N2O4. The molecule has 0 aliphatic carbocycles. The third-order valence-electron chi connectivity index (χ3n) is 2.98. The molecule has 0 spiro atoms. The third kappa shape index (κ3) is 3.99. The van der Waals surface area contributed by atoms with E-state index in [-0.39, 0.29) is 18.8 Å². The largest absolute Gasteiger partial charge is 0.493 e. The number of carbonyl (C=O) groups is 2. The summed E-state index contributed by atoms with van der Waals surface area (Å²) in [6, 6.07) is 13.2. The second-order valence-electron chi connectivity index (χ2n) is 4.56. The summed E-state index contributed by atoms with van der Waals surface area (Å²) in [7, 11) is 0. The van der Waals surface area contributed by atoms with Crippen molar-refractivity contribution < 1.29 is 14.3 Å². The van der Waals surface area contributed by atoms with Crippen LogP contribution in [-0.4, -0.2) is 18.3 Å². The summed E-state index contributed by atoms with van der Waals surface area (Å²) in [4.78, 5) is 32.9. The SMILES string of the molecule is Nc1ccc(C(=O)c2ccc(OCCC(=O)N=O)cc2)cc1. The molecule has 0 fully saturated rings.